The maximum Gasteiger partial charge on any atom is 0.411 e. The Morgan fingerprint density at radius 3 is 2.47 bits per heavy atom. The molecule has 1 fully saturated rings. The number of phenolic OH excluding ortho intramolecular Hbond substituents is 1. The van der Waals surface area contributed by atoms with Gasteiger partial charge in [-0.05, 0) is 42.2 Å². The smallest absolute Gasteiger partial charge is 0.411 e. The van der Waals surface area contributed by atoms with Gasteiger partial charge in [-0.3, -0.25) is 10.2 Å². The number of anilines is 1. The molecule has 154 valence electrons. The van der Waals surface area contributed by atoms with Crippen LogP contribution < -0.4 is 5.32 Å². The van der Waals surface area contributed by atoms with Gasteiger partial charge in [0.2, 0.25) is 0 Å². The average Bonchev–Trinajstić information content (AvgIpc) is 2.76. The molecule has 1 aliphatic heterocycles. The topological polar surface area (TPSA) is 61.8 Å². The van der Waals surface area contributed by atoms with Gasteiger partial charge in [-0.2, -0.15) is 0 Å². The summed E-state index contributed by atoms with van der Waals surface area (Å²) < 4.78 is 5.69. The van der Waals surface area contributed by atoms with Crippen molar-refractivity contribution in [1.29, 1.82) is 0 Å². The summed E-state index contributed by atoms with van der Waals surface area (Å²) >= 11 is 0. The van der Waals surface area contributed by atoms with Crippen molar-refractivity contribution in [3.8, 4) is 16.9 Å². The molecule has 0 saturated carbocycles. The first-order valence-electron chi connectivity index (χ1n) is 10.3. The number of amides is 1. The van der Waals surface area contributed by atoms with Crippen LogP contribution in [0, 0.1) is 0 Å². The summed E-state index contributed by atoms with van der Waals surface area (Å²) in [6.07, 6.45) is 1.10. The summed E-state index contributed by atoms with van der Waals surface area (Å²) in [6.45, 7) is 2.50. The number of ether oxygens (including phenoxy) is 1. The van der Waals surface area contributed by atoms with E-state index in [0.717, 1.165) is 54.9 Å². The van der Waals surface area contributed by atoms with E-state index in [0.29, 0.717) is 0 Å². The van der Waals surface area contributed by atoms with Gasteiger partial charge >= 0.3 is 6.09 Å². The maximum absolute atomic E-state index is 12.5. The molecule has 5 nitrogen and oxygen atoms in total. The van der Waals surface area contributed by atoms with Crippen LogP contribution in [-0.2, 0) is 11.3 Å². The van der Waals surface area contributed by atoms with Gasteiger partial charge < -0.3 is 9.84 Å². The van der Waals surface area contributed by atoms with Crippen molar-refractivity contribution >= 4 is 11.8 Å². The van der Waals surface area contributed by atoms with Crippen molar-refractivity contribution < 1.29 is 14.6 Å². The van der Waals surface area contributed by atoms with Crippen LogP contribution in [0.1, 0.15) is 18.4 Å². The number of likely N-dealkylation sites (tertiary alicyclic amines) is 1. The van der Waals surface area contributed by atoms with Crippen molar-refractivity contribution in [2.24, 2.45) is 0 Å². The number of hydrogen-bond acceptors (Lipinski definition) is 4. The largest absolute Gasteiger partial charge is 0.508 e. The monoisotopic (exact) mass is 402 g/mol. The molecule has 1 aliphatic rings. The summed E-state index contributed by atoms with van der Waals surface area (Å²) in [5.74, 6) is 0.290. The number of nitrogens with one attached hydrogen (secondary N) is 1. The summed E-state index contributed by atoms with van der Waals surface area (Å²) in [5.41, 5.74) is 3.85. The fraction of sp³-hybridized carbons (Fsp3) is 0.240. The maximum atomic E-state index is 12.5. The lowest BCUT2D eigenvalue weighted by Gasteiger charge is -2.31. The first-order valence-corrected chi connectivity index (χ1v) is 10.3. The SMILES string of the molecule is O=C(Nc1ccccc1-c1ccccc1)OC1CCN(Cc2cccc(O)c2)CC1. The van der Waals surface area contributed by atoms with Crippen LogP contribution >= 0.6 is 0 Å². The Bertz CT molecular complexity index is 982. The van der Waals surface area contributed by atoms with E-state index in [1.807, 2.05) is 66.7 Å². The minimum absolute atomic E-state index is 0.0886. The van der Waals surface area contributed by atoms with Crippen molar-refractivity contribution in [3.05, 3.63) is 84.4 Å². The van der Waals surface area contributed by atoms with Crippen LogP contribution in [0.5, 0.6) is 5.75 Å². The number of para-hydroxylation sites is 1. The number of hydrogen-bond donors (Lipinski definition) is 2. The van der Waals surface area contributed by atoms with Crippen molar-refractivity contribution in [2.75, 3.05) is 18.4 Å². The Balaban J connectivity index is 1.30. The van der Waals surface area contributed by atoms with E-state index in [4.69, 9.17) is 4.74 Å². The van der Waals surface area contributed by atoms with Crippen LogP contribution in [0.25, 0.3) is 11.1 Å². The Morgan fingerprint density at radius 1 is 0.967 bits per heavy atom. The van der Waals surface area contributed by atoms with E-state index in [-0.39, 0.29) is 11.9 Å². The molecule has 0 spiro atoms. The minimum atomic E-state index is -0.412. The van der Waals surface area contributed by atoms with Gasteiger partial charge in [0.15, 0.2) is 0 Å². The average molecular weight is 402 g/mol. The highest BCUT2D eigenvalue weighted by Gasteiger charge is 2.23. The lowest BCUT2D eigenvalue weighted by atomic mass is 10.0. The van der Waals surface area contributed by atoms with Crippen LogP contribution in [0.4, 0.5) is 10.5 Å². The minimum Gasteiger partial charge on any atom is -0.508 e. The van der Waals surface area contributed by atoms with Gasteiger partial charge in [0.25, 0.3) is 0 Å². The molecule has 3 aromatic rings. The Labute approximate surface area is 176 Å². The zero-order valence-corrected chi connectivity index (χ0v) is 16.8. The normalized spacial score (nSPS) is 14.9. The molecule has 1 amide bonds. The molecule has 0 radical (unpaired) electrons. The van der Waals surface area contributed by atoms with E-state index in [9.17, 15) is 9.90 Å². The van der Waals surface area contributed by atoms with E-state index in [1.54, 1.807) is 12.1 Å². The molecule has 5 heteroatoms. The third-order valence-electron chi connectivity index (χ3n) is 5.37. The Hall–Kier alpha value is -3.31. The summed E-state index contributed by atoms with van der Waals surface area (Å²) in [4.78, 5) is 14.8. The highest BCUT2D eigenvalue weighted by Crippen LogP contribution is 2.28. The fourth-order valence-corrected chi connectivity index (χ4v) is 3.85. The van der Waals surface area contributed by atoms with E-state index < -0.39 is 6.09 Å². The molecule has 1 heterocycles. The number of carbonyl (C=O) groups excluding carboxylic acids is 1. The lowest BCUT2D eigenvalue weighted by molar-refractivity contribution is 0.0567. The van der Waals surface area contributed by atoms with Gasteiger partial charge in [-0.15, -0.1) is 0 Å². The molecule has 0 aromatic heterocycles. The van der Waals surface area contributed by atoms with Crippen molar-refractivity contribution in [3.63, 3.8) is 0 Å². The highest BCUT2D eigenvalue weighted by atomic mass is 16.6. The van der Waals surface area contributed by atoms with Crippen molar-refractivity contribution in [2.45, 2.75) is 25.5 Å². The molecule has 3 aromatic carbocycles. The number of aromatic hydroxyl groups is 1. The standard InChI is InChI=1S/C25H26N2O3/c28-21-10-6-7-19(17-21)18-27-15-13-22(14-16-27)30-25(29)26-24-12-5-4-11-23(24)20-8-2-1-3-9-20/h1-12,17,22,28H,13-16,18H2,(H,26,29). The fourth-order valence-electron chi connectivity index (χ4n) is 3.85. The number of phenols is 1. The van der Waals surface area contributed by atoms with Crippen LogP contribution in [0.3, 0.4) is 0 Å². The van der Waals surface area contributed by atoms with Gasteiger partial charge in [0, 0.05) is 25.2 Å². The third-order valence-corrected chi connectivity index (χ3v) is 5.37. The number of nitrogens with zero attached hydrogens (tertiary/aromatic N) is 1. The van der Waals surface area contributed by atoms with Gasteiger partial charge in [0.1, 0.15) is 11.9 Å². The quantitative estimate of drug-likeness (QED) is 0.610. The predicted octanol–water partition coefficient (Wildman–Crippen LogP) is 5.27. The molecule has 4 rings (SSSR count). The Morgan fingerprint density at radius 2 is 1.70 bits per heavy atom. The molecule has 1 saturated heterocycles. The zero-order valence-electron chi connectivity index (χ0n) is 16.8. The molecule has 30 heavy (non-hydrogen) atoms. The second kappa shape index (κ2) is 9.46. The molecular weight excluding hydrogens is 376 g/mol. The number of carbonyl (C=O) groups is 1. The van der Waals surface area contributed by atoms with E-state index in [1.165, 1.54) is 0 Å². The van der Waals surface area contributed by atoms with E-state index in [2.05, 4.69) is 10.2 Å². The van der Waals surface area contributed by atoms with Gasteiger partial charge in [-0.1, -0.05) is 60.7 Å². The third kappa shape index (κ3) is 5.19. The number of rotatable bonds is 5. The second-order valence-electron chi connectivity index (χ2n) is 7.59. The van der Waals surface area contributed by atoms with Crippen LogP contribution in [0.2, 0.25) is 0 Å². The van der Waals surface area contributed by atoms with E-state index >= 15 is 0 Å². The van der Waals surface area contributed by atoms with Crippen LogP contribution in [0.15, 0.2) is 78.9 Å². The molecule has 0 aliphatic carbocycles. The molecule has 0 atom stereocenters. The molecule has 0 unspecified atom stereocenters. The van der Waals surface area contributed by atoms with Crippen LogP contribution in [-0.4, -0.2) is 35.3 Å². The second-order valence-corrected chi connectivity index (χ2v) is 7.59. The zero-order chi connectivity index (χ0) is 20.8. The predicted molar refractivity (Wildman–Crippen MR) is 118 cm³/mol. The van der Waals surface area contributed by atoms with Crippen molar-refractivity contribution in [1.82, 2.24) is 4.90 Å². The van der Waals surface area contributed by atoms with Gasteiger partial charge in [0.05, 0.1) is 5.69 Å². The summed E-state index contributed by atoms with van der Waals surface area (Å²) in [6, 6.07) is 25.1. The lowest BCUT2D eigenvalue weighted by Crippen LogP contribution is -2.38. The number of piperidine rings is 1. The summed E-state index contributed by atoms with van der Waals surface area (Å²) in [5, 5.41) is 12.5. The molecule has 0 bridgehead atoms. The first kappa shape index (κ1) is 20.0. The first-order chi connectivity index (χ1) is 14.7. The highest BCUT2D eigenvalue weighted by molar-refractivity contribution is 5.91. The molecular formula is C25H26N2O3. The Kier molecular flexibility index (Phi) is 6.30. The summed E-state index contributed by atoms with van der Waals surface area (Å²) in [7, 11) is 0. The molecule has 2 N–H and O–H groups in total. The number of benzene rings is 3. The van der Waals surface area contributed by atoms with Gasteiger partial charge in [-0.25, -0.2) is 4.79 Å².